The van der Waals surface area contributed by atoms with E-state index < -0.39 is 0 Å². The van der Waals surface area contributed by atoms with Crippen molar-refractivity contribution in [1.82, 2.24) is 4.98 Å². The number of para-hydroxylation sites is 2. The lowest BCUT2D eigenvalue weighted by atomic mass is 10.1. The summed E-state index contributed by atoms with van der Waals surface area (Å²) in [6.45, 7) is 0.908. The van der Waals surface area contributed by atoms with Gasteiger partial charge in [-0.25, -0.2) is 4.98 Å². The van der Waals surface area contributed by atoms with Crippen molar-refractivity contribution >= 4 is 33.4 Å². The van der Waals surface area contributed by atoms with E-state index in [2.05, 4.69) is 65.4 Å². The number of alkyl halides is 1. The largest absolute Gasteiger partial charge is 1.00 e. The summed E-state index contributed by atoms with van der Waals surface area (Å²) in [5.74, 6) is 0.666. The average molecular weight is 461 g/mol. The van der Waals surface area contributed by atoms with E-state index >= 15 is 0 Å². The second kappa shape index (κ2) is 8.11. The predicted molar refractivity (Wildman–Crippen MR) is 100 cm³/mol. The van der Waals surface area contributed by atoms with E-state index in [0.29, 0.717) is 5.88 Å². The molecule has 0 fully saturated rings. The van der Waals surface area contributed by atoms with Gasteiger partial charge in [0, 0.05) is 29.1 Å². The molecule has 4 heteroatoms. The molecule has 2 aromatic carbocycles. The van der Waals surface area contributed by atoms with E-state index in [1.54, 1.807) is 0 Å². The highest BCUT2D eigenvalue weighted by Crippen LogP contribution is 2.23. The highest BCUT2D eigenvalue weighted by Gasteiger charge is 2.13. The first-order chi connectivity index (χ1) is 11.8. The number of fused-ring (bicyclic) bond motifs is 2. The molecule has 0 saturated heterocycles. The van der Waals surface area contributed by atoms with Crippen LogP contribution in [-0.2, 0) is 6.54 Å². The Morgan fingerprint density at radius 3 is 2.48 bits per heavy atom. The van der Waals surface area contributed by atoms with E-state index in [-0.39, 0.29) is 24.0 Å². The molecule has 2 nitrogen and oxygen atoms in total. The molecule has 0 radical (unpaired) electrons. The average Bonchev–Trinajstić information content (AvgIpc) is 2.65. The van der Waals surface area contributed by atoms with Crippen LogP contribution < -0.4 is 28.5 Å². The Kier molecular flexibility index (Phi) is 5.86. The van der Waals surface area contributed by atoms with Crippen molar-refractivity contribution in [3.63, 3.8) is 0 Å². The van der Waals surface area contributed by atoms with Gasteiger partial charge in [-0.2, -0.15) is 4.57 Å². The third kappa shape index (κ3) is 3.77. The van der Waals surface area contributed by atoms with Crippen molar-refractivity contribution in [2.75, 3.05) is 5.88 Å². The second-order valence-electron chi connectivity index (χ2n) is 5.91. The van der Waals surface area contributed by atoms with Crippen LogP contribution >= 0.6 is 11.6 Å². The van der Waals surface area contributed by atoms with Gasteiger partial charge in [-0.3, -0.25) is 0 Å². The lowest BCUT2D eigenvalue weighted by Gasteiger charge is -2.06. The lowest BCUT2D eigenvalue weighted by molar-refractivity contribution is -0.670. The number of hydrogen-bond donors (Lipinski definition) is 0. The fourth-order valence-corrected chi connectivity index (χ4v) is 3.21. The van der Waals surface area contributed by atoms with Gasteiger partial charge in [0.1, 0.15) is 6.54 Å². The van der Waals surface area contributed by atoms with Crippen LogP contribution in [0.2, 0.25) is 0 Å². The molecule has 0 atom stereocenters. The highest BCUT2D eigenvalue weighted by molar-refractivity contribution is 6.17. The molecule has 0 spiro atoms. The highest BCUT2D eigenvalue weighted by atomic mass is 127. The minimum atomic E-state index is 0. The van der Waals surface area contributed by atoms with Gasteiger partial charge in [-0.1, -0.05) is 36.4 Å². The van der Waals surface area contributed by atoms with Gasteiger partial charge in [0.25, 0.3) is 0 Å². The lowest BCUT2D eigenvalue weighted by Crippen LogP contribution is -3.00. The summed E-state index contributed by atoms with van der Waals surface area (Å²) in [4.78, 5) is 4.83. The summed E-state index contributed by atoms with van der Waals surface area (Å²) in [6.07, 6.45) is 3.14. The van der Waals surface area contributed by atoms with Gasteiger partial charge in [0.2, 0.25) is 5.52 Å². The molecule has 0 bridgehead atoms. The smallest absolute Gasteiger partial charge is 0.212 e. The quantitative estimate of drug-likeness (QED) is 0.259. The predicted octanol–water partition coefficient (Wildman–Crippen LogP) is 1.98. The van der Waals surface area contributed by atoms with Crippen molar-refractivity contribution in [1.29, 1.82) is 0 Å². The monoisotopic (exact) mass is 460 g/mol. The zero-order chi connectivity index (χ0) is 16.4. The Hall–Kier alpha value is -1.72. The molecule has 0 amide bonds. The van der Waals surface area contributed by atoms with Crippen molar-refractivity contribution in [2.24, 2.45) is 0 Å². The van der Waals surface area contributed by atoms with Crippen molar-refractivity contribution in [3.05, 3.63) is 72.9 Å². The van der Waals surface area contributed by atoms with Crippen molar-refractivity contribution < 1.29 is 28.5 Å². The van der Waals surface area contributed by atoms with Crippen LogP contribution in [0.3, 0.4) is 0 Å². The molecular weight excluding hydrogens is 443 g/mol. The Morgan fingerprint density at radius 2 is 1.64 bits per heavy atom. The molecular formula is C21H18ClIN2. The number of aryl methyl sites for hydroxylation is 1. The van der Waals surface area contributed by atoms with Gasteiger partial charge in [-0.05, 0) is 24.3 Å². The maximum absolute atomic E-state index is 5.90. The van der Waals surface area contributed by atoms with Crippen LogP contribution in [0, 0.1) is 0 Å². The zero-order valence-electron chi connectivity index (χ0n) is 13.7. The summed E-state index contributed by atoms with van der Waals surface area (Å²) in [7, 11) is 0. The molecule has 0 aliphatic carbocycles. The summed E-state index contributed by atoms with van der Waals surface area (Å²) >= 11 is 5.90. The van der Waals surface area contributed by atoms with Crippen LogP contribution in [0.5, 0.6) is 0 Å². The second-order valence-corrected chi connectivity index (χ2v) is 6.29. The molecule has 0 N–H and O–H groups in total. The number of benzene rings is 2. The zero-order valence-corrected chi connectivity index (χ0v) is 16.6. The summed E-state index contributed by atoms with van der Waals surface area (Å²) < 4.78 is 2.28. The standard InChI is InChI=1S/C21H18ClN2.HI/c22-12-5-13-24-15-18(14-17-7-2-4-9-21(17)24)20-11-10-16-6-1-3-8-19(16)23-20;/h1-4,6-11,14-15H,5,12-13H2;1H/q+1;/p-1. The fraction of sp³-hybridized carbons (Fsp3) is 0.143. The number of halogens is 2. The van der Waals surface area contributed by atoms with Gasteiger partial charge in [-0.15, -0.1) is 11.6 Å². The van der Waals surface area contributed by atoms with Crippen LogP contribution in [0.15, 0.2) is 72.9 Å². The third-order valence-corrected chi connectivity index (χ3v) is 4.55. The Labute approximate surface area is 169 Å². The van der Waals surface area contributed by atoms with Gasteiger partial charge in [0.05, 0.1) is 16.8 Å². The van der Waals surface area contributed by atoms with E-state index in [1.807, 2.05) is 12.1 Å². The Balaban J connectivity index is 0.00000182. The minimum absolute atomic E-state index is 0. The molecule has 0 aliphatic rings. The summed E-state index contributed by atoms with van der Waals surface area (Å²) in [5.41, 5.74) is 4.38. The third-order valence-electron chi connectivity index (χ3n) is 4.28. The molecule has 25 heavy (non-hydrogen) atoms. The minimum Gasteiger partial charge on any atom is -1.00 e. The van der Waals surface area contributed by atoms with Crippen molar-refractivity contribution in [2.45, 2.75) is 13.0 Å². The van der Waals surface area contributed by atoms with E-state index in [0.717, 1.165) is 35.1 Å². The van der Waals surface area contributed by atoms with E-state index in [9.17, 15) is 0 Å². The topological polar surface area (TPSA) is 16.8 Å². The van der Waals surface area contributed by atoms with Gasteiger partial charge >= 0.3 is 0 Å². The summed E-state index contributed by atoms with van der Waals surface area (Å²) in [6, 6.07) is 23.1. The Morgan fingerprint density at radius 1 is 0.880 bits per heavy atom. The van der Waals surface area contributed by atoms with Gasteiger partial charge < -0.3 is 24.0 Å². The molecule has 2 heterocycles. The van der Waals surface area contributed by atoms with Gasteiger partial charge in [0.15, 0.2) is 6.20 Å². The molecule has 4 rings (SSSR count). The number of pyridine rings is 2. The number of rotatable bonds is 4. The van der Waals surface area contributed by atoms with Crippen LogP contribution in [-0.4, -0.2) is 10.9 Å². The van der Waals surface area contributed by atoms with E-state index in [4.69, 9.17) is 16.6 Å². The molecule has 4 aromatic rings. The first-order valence-electron chi connectivity index (χ1n) is 8.19. The molecule has 2 aromatic heterocycles. The van der Waals surface area contributed by atoms with Crippen molar-refractivity contribution in [3.8, 4) is 11.3 Å². The molecule has 126 valence electrons. The maximum atomic E-state index is 5.90. The maximum Gasteiger partial charge on any atom is 0.212 e. The molecule has 0 aliphatic heterocycles. The number of hydrogen-bond acceptors (Lipinski definition) is 1. The SMILES string of the molecule is ClCCC[n+]1cc(-c2ccc3ccccc3n2)cc2ccccc21.[I-]. The number of nitrogens with zero attached hydrogens (tertiary/aromatic N) is 2. The fourth-order valence-electron chi connectivity index (χ4n) is 3.10. The molecule has 0 unspecified atom stereocenters. The van der Waals surface area contributed by atoms with E-state index in [1.165, 1.54) is 10.9 Å². The first kappa shape index (κ1) is 18.1. The van der Waals surface area contributed by atoms with Crippen LogP contribution in [0.4, 0.5) is 0 Å². The molecule has 0 saturated carbocycles. The Bertz CT molecular complexity index is 1020. The number of aromatic nitrogens is 2. The first-order valence-corrected chi connectivity index (χ1v) is 8.73. The van der Waals surface area contributed by atoms with Crippen LogP contribution in [0.25, 0.3) is 33.1 Å². The summed E-state index contributed by atoms with van der Waals surface area (Å²) in [5, 5.41) is 2.39. The van der Waals surface area contributed by atoms with Crippen LogP contribution in [0.1, 0.15) is 6.42 Å². The normalized spacial score (nSPS) is 10.8.